The Morgan fingerprint density at radius 3 is 1.37 bits per heavy atom. The first-order chi connectivity index (χ1) is 25.0. The lowest BCUT2D eigenvalue weighted by atomic mass is 9.78. The number of hydrogen-bond donors (Lipinski definition) is 4. The normalized spacial score (nSPS) is 11.6. The van der Waals surface area contributed by atoms with E-state index < -0.39 is 35.0 Å². The molecule has 0 saturated heterocycles. The molecule has 12 heteroatoms. The zero-order valence-corrected chi connectivity index (χ0v) is 28.3. The maximum Gasteiger partial charge on any atom is 0.330 e. The SMILES string of the molecule is C=CC(=O)OCCCCOc1cccc(-c2cc(N)c3c(c2O)C(=O)c2c(N)cc(-c4cccc(OCCCCOC(=O)C=C)c4)c(O)c2C3=O)c1. The van der Waals surface area contributed by atoms with Gasteiger partial charge in [-0.1, -0.05) is 37.4 Å². The molecule has 1 aliphatic rings. The number of aromatic hydroxyl groups is 2. The summed E-state index contributed by atoms with van der Waals surface area (Å²) in [5.74, 6) is -2.50. The van der Waals surface area contributed by atoms with E-state index in [1.807, 2.05) is 0 Å². The molecule has 268 valence electrons. The fourth-order valence-electron chi connectivity index (χ4n) is 5.77. The lowest BCUT2D eigenvalue weighted by Crippen LogP contribution is -2.24. The molecule has 0 fully saturated rings. The first-order valence-electron chi connectivity index (χ1n) is 16.5. The fourth-order valence-corrected chi connectivity index (χ4v) is 5.77. The summed E-state index contributed by atoms with van der Waals surface area (Å²) in [5.41, 5.74) is 12.8. The largest absolute Gasteiger partial charge is 0.506 e. The van der Waals surface area contributed by atoms with Crippen LogP contribution in [0, 0.1) is 0 Å². The highest BCUT2D eigenvalue weighted by Crippen LogP contribution is 2.48. The summed E-state index contributed by atoms with van der Waals surface area (Å²) in [6.45, 7) is 7.83. The summed E-state index contributed by atoms with van der Waals surface area (Å²) in [6, 6.07) is 16.3. The van der Waals surface area contributed by atoms with Crippen LogP contribution in [0.1, 0.15) is 57.5 Å². The summed E-state index contributed by atoms with van der Waals surface area (Å²) in [4.78, 5) is 50.4. The van der Waals surface area contributed by atoms with Crippen molar-refractivity contribution in [1.82, 2.24) is 0 Å². The number of nitrogens with two attached hydrogens (primary N) is 2. The molecule has 1 aliphatic carbocycles. The Morgan fingerprint density at radius 1 is 0.596 bits per heavy atom. The van der Waals surface area contributed by atoms with Gasteiger partial charge in [0.1, 0.15) is 23.0 Å². The summed E-state index contributed by atoms with van der Waals surface area (Å²) >= 11 is 0. The topological polar surface area (TPSA) is 198 Å². The minimum atomic E-state index is -0.768. The molecule has 6 N–H and O–H groups in total. The van der Waals surface area contributed by atoms with Crippen LogP contribution >= 0.6 is 0 Å². The van der Waals surface area contributed by atoms with Gasteiger partial charge in [0.05, 0.1) is 48.7 Å². The molecule has 0 spiro atoms. The third-order valence-corrected chi connectivity index (χ3v) is 8.30. The van der Waals surface area contributed by atoms with Gasteiger partial charge in [-0.25, -0.2) is 9.59 Å². The number of carbonyl (C=O) groups is 4. The zero-order valence-electron chi connectivity index (χ0n) is 28.3. The van der Waals surface area contributed by atoms with Crippen molar-refractivity contribution in [3.63, 3.8) is 0 Å². The number of carbonyl (C=O) groups excluding carboxylic acids is 4. The van der Waals surface area contributed by atoms with Crippen LogP contribution in [0.2, 0.25) is 0 Å². The number of rotatable bonds is 16. The van der Waals surface area contributed by atoms with Crippen LogP contribution in [-0.2, 0) is 19.1 Å². The van der Waals surface area contributed by atoms with E-state index in [2.05, 4.69) is 13.2 Å². The van der Waals surface area contributed by atoms with Crippen molar-refractivity contribution >= 4 is 34.9 Å². The van der Waals surface area contributed by atoms with Gasteiger partial charge in [-0.15, -0.1) is 0 Å². The van der Waals surface area contributed by atoms with Gasteiger partial charge < -0.3 is 40.6 Å². The number of benzene rings is 4. The number of phenolic OH excluding ortho intramolecular Hbond substituents is 2. The average Bonchev–Trinajstić information content (AvgIpc) is 3.14. The van der Waals surface area contributed by atoms with Crippen LogP contribution < -0.4 is 20.9 Å². The Labute approximate surface area is 299 Å². The highest BCUT2D eigenvalue weighted by atomic mass is 16.5. The predicted octanol–water partition coefficient (Wildman–Crippen LogP) is 6.15. The second-order valence-corrected chi connectivity index (χ2v) is 11.8. The first kappa shape index (κ1) is 36.7. The zero-order chi connectivity index (χ0) is 37.4. The molecule has 52 heavy (non-hydrogen) atoms. The maximum atomic E-state index is 14.0. The number of ketones is 2. The van der Waals surface area contributed by atoms with Crippen molar-refractivity contribution in [2.75, 3.05) is 37.9 Å². The van der Waals surface area contributed by atoms with Gasteiger partial charge in [-0.3, -0.25) is 9.59 Å². The van der Waals surface area contributed by atoms with Crippen LogP contribution in [0.25, 0.3) is 22.3 Å². The molecule has 12 nitrogen and oxygen atoms in total. The van der Waals surface area contributed by atoms with E-state index >= 15 is 0 Å². The van der Waals surface area contributed by atoms with E-state index in [4.69, 9.17) is 30.4 Å². The Balaban J connectivity index is 1.37. The van der Waals surface area contributed by atoms with Gasteiger partial charge in [-0.05, 0) is 73.2 Å². The molecular formula is C40H38N2O10. The first-order valence-corrected chi connectivity index (χ1v) is 16.5. The quantitative estimate of drug-likeness (QED) is 0.0301. The molecule has 0 saturated carbocycles. The summed E-state index contributed by atoms with van der Waals surface area (Å²) < 4.78 is 21.6. The highest BCUT2D eigenvalue weighted by molar-refractivity contribution is 6.34. The Morgan fingerprint density at radius 2 is 0.981 bits per heavy atom. The highest BCUT2D eigenvalue weighted by Gasteiger charge is 2.39. The van der Waals surface area contributed by atoms with E-state index in [1.54, 1.807) is 48.5 Å². The van der Waals surface area contributed by atoms with Crippen LogP contribution in [0.3, 0.4) is 0 Å². The van der Waals surface area contributed by atoms with Crippen molar-refractivity contribution in [3.8, 4) is 45.3 Å². The lowest BCUT2D eigenvalue weighted by molar-refractivity contribution is -0.138. The summed E-state index contributed by atoms with van der Waals surface area (Å²) in [7, 11) is 0. The molecule has 4 aromatic rings. The van der Waals surface area contributed by atoms with Crippen molar-refractivity contribution in [2.24, 2.45) is 0 Å². The van der Waals surface area contributed by atoms with Crippen LogP contribution in [0.15, 0.2) is 86.0 Å². The summed E-state index contributed by atoms with van der Waals surface area (Å²) in [5, 5.41) is 22.9. The van der Waals surface area contributed by atoms with E-state index in [0.717, 1.165) is 12.2 Å². The smallest absolute Gasteiger partial charge is 0.330 e. The van der Waals surface area contributed by atoms with Crippen molar-refractivity contribution < 1.29 is 48.3 Å². The lowest BCUT2D eigenvalue weighted by Gasteiger charge is -2.24. The minimum absolute atomic E-state index is 0.0785. The monoisotopic (exact) mass is 706 g/mol. The van der Waals surface area contributed by atoms with E-state index in [9.17, 15) is 29.4 Å². The second-order valence-electron chi connectivity index (χ2n) is 11.8. The van der Waals surface area contributed by atoms with Crippen LogP contribution in [-0.4, -0.2) is 60.1 Å². The van der Waals surface area contributed by atoms with E-state index in [1.165, 1.54) is 12.1 Å². The molecule has 0 heterocycles. The Hall–Kier alpha value is -6.56. The molecule has 0 radical (unpaired) electrons. The maximum absolute atomic E-state index is 14.0. The van der Waals surface area contributed by atoms with Crippen LogP contribution in [0.4, 0.5) is 11.4 Å². The summed E-state index contributed by atoms with van der Waals surface area (Å²) in [6.07, 6.45) is 4.57. The number of nitrogen functional groups attached to an aromatic ring is 2. The van der Waals surface area contributed by atoms with Gasteiger partial charge in [0.2, 0.25) is 11.6 Å². The third kappa shape index (κ3) is 7.91. The fraction of sp³-hybridized carbons (Fsp3) is 0.200. The second kappa shape index (κ2) is 16.4. The molecule has 0 atom stereocenters. The number of anilines is 2. The molecule has 0 aliphatic heterocycles. The van der Waals surface area contributed by atoms with Gasteiger partial charge >= 0.3 is 11.9 Å². The number of esters is 2. The molecule has 0 bridgehead atoms. The van der Waals surface area contributed by atoms with Crippen molar-refractivity contribution in [2.45, 2.75) is 25.7 Å². The van der Waals surface area contributed by atoms with Crippen LogP contribution in [0.5, 0.6) is 23.0 Å². The molecule has 0 unspecified atom stereocenters. The molecule has 0 amide bonds. The number of fused-ring (bicyclic) bond motifs is 2. The Bertz CT molecular complexity index is 1920. The Kier molecular flexibility index (Phi) is 11.6. The number of unbranched alkanes of at least 4 members (excludes halogenated alkanes) is 2. The standard InChI is InChI=1S/C40H38N2O10/c1-3-31(43)51-17-7-5-15-49-25-13-9-11-23(19-25)27-21-29(41)33-35(37(27)45)39(47)34-30(42)22-28(38(46)36(34)40(33)48)24-12-10-14-26(20-24)50-16-6-8-18-52-32(44)4-2/h3-4,9-14,19-22,45-46H,1-2,5-8,15-18,41-42H2. The molecule has 0 aromatic heterocycles. The predicted molar refractivity (Wildman–Crippen MR) is 195 cm³/mol. The van der Waals surface area contributed by atoms with Crippen molar-refractivity contribution in [1.29, 1.82) is 0 Å². The number of ether oxygens (including phenoxy) is 4. The third-order valence-electron chi connectivity index (χ3n) is 8.30. The van der Waals surface area contributed by atoms with Gasteiger partial charge in [0.25, 0.3) is 0 Å². The average molecular weight is 707 g/mol. The van der Waals surface area contributed by atoms with Crippen molar-refractivity contribution in [3.05, 3.63) is 108 Å². The van der Waals surface area contributed by atoms with Gasteiger partial charge in [-0.2, -0.15) is 0 Å². The van der Waals surface area contributed by atoms with E-state index in [0.29, 0.717) is 61.5 Å². The van der Waals surface area contributed by atoms with E-state index in [-0.39, 0.29) is 58.0 Å². The minimum Gasteiger partial charge on any atom is -0.506 e. The molecule has 5 rings (SSSR count). The molecule has 4 aromatic carbocycles. The number of phenols is 2. The van der Waals surface area contributed by atoms with Gasteiger partial charge in [0, 0.05) is 34.7 Å². The van der Waals surface area contributed by atoms with Gasteiger partial charge in [0.15, 0.2) is 0 Å². The number of hydrogen-bond acceptors (Lipinski definition) is 12. The molecular weight excluding hydrogens is 668 g/mol.